The van der Waals surface area contributed by atoms with Crippen LogP contribution in [0.3, 0.4) is 0 Å². The molecule has 0 aliphatic rings. The number of sulfonamides is 1. The van der Waals surface area contributed by atoms with Gasteiger partial charge >= 0.3 is 5.97 Å². The minimum Gasteiger partial charge on any atom is -0.494 e. The molecule has 0 saturated carbocycles. The average Bonchev–Trinajstić information content (AvgIpc) is 2.89. The molecule has 0 amide bonds. The van der Waals surface area contributed by atoms with Crippen LogP contribution >= 0.6 is 0 Å². The number of benzene rings is 2. The van der Waals surface area contributed by atoms with E-state index in [1.54, 1.807) is 45.0 Å². The first-order valence-electron chi connectivity index (χ1n) is 11.5. The zero-order valence-corrected chi connectivity index (χ0v) is 21.9. The number of carboxylic acid groups (broad SMARTS) is 1. The van der Waals surface area contributed by atoms with Gasteiger partial charge < -0.3 is 19.7 Å². The van der Waals surface area contributed by atoms with Crippen molar-refractivity contribution in [1.29, 1.82) is 0 Å². The number of carbonyl (C=O) groups is 1. The van der Waals surface area contributed by atoms with Crippen molar-refractivity contribution in [3.05, 3.63) is 76.2 Å². The third-order valence-corrected chi connectivity index (χ3v) is 7.11. The van der Waals surface area contributed by atoms with Crippen LogP contribution in [0.1, 0.15) is 36.8 Å². The van der Waals surface area contributed by atoms with E-state index in [9.17, 15) is 23.1 Å². The van der Waals surface area contributed by atoms with Gasteiger partial charge in [-0.1, -0.05) is 44.2 Å². The maximum Gasteiger partial charge on any atom is 0.360 e. The first kappa shape index (κ1) is 29.5. The fraction of sp³-hybridized carbons (Fsp3) is 0.320. The second-order valence-corrected chi connectivity index (χ2v) is 9.37. The van der Waals surface area contributed by atoms with Crippen molar-refractivity contribution in [1.82, 2.24) is 14.1 Å². The molecule has 0 fully saturated rings. The Bertz CT molecular complexity index is 1350. The lowest BCUT2D eigenvalue weighted by atomic mass is 10.2. The van der Waals surface area contributed by atoms with Gasteiger partial charge in [-0.05, 0) is 30.7 Å². The minimum atomic E-state index is -3.82. The zero-order chi connectivity index (χ0) is 27.6. The molecule has 0 radical (unpaired) electrons. The standard InChI is InChI=1S/C23H25N3O7S.C2H6O/c1-4-25(5-2)34(30,31)17-11-12-19(32-3)18(13-17)26-14-20(22(27)21(24-26)23(28)29)33-15-16-9-7-6-8-10-16;1-2-3/h6-14H,4-5,15H2,1-3H3,(H,28,29);3H,2H2,1H3. The molecular formula is C25H31N3O8S. The summed E-state index contributed by atoms with van der Waals surface area (Å²) in [6.07, 6.45) is 1.21. The third-order valence-electron chi connectivity index (χ3n) is 5.07. The largest absolute Gasteiger partial charge is 0.494 e. The van der Waals surface area contributed by atoms with Crippen LogP contribution in [-0.2, 0) is 16.6 Å². The number of hydrogen-bond acceptors (Lipinski definition) is 8. The van der Waals surface area contributed by atoms with Gasteiger partial charge in [0, 0.05) is 19.7 Å². The first-order valence-corrected chi connectivity index (χ1v) is 12.9. The summed E-state index contributed by atoms with van der Waals surface area (Å²) < 4.78 is 39.4. The quantitative estimate of drug-likeness (QED) is 0.401. The summed E-state index contributed by atoms with van der Waals surface area (Å²) in [4.78, 5) is 24.3. The molecule has 11 nitrogen and oxygen atoms in total. The second kappa shape index (κ2) is 13.5. The van der Waals surface area contributed by atoms with Crippen molar-refractivity contribution in [3.63, 3.8) is 0 Å². The molecule has 3 rings (SSSR count). The normalized spacial score (nSPS) is 11.0. The maximum absolute atomic E-state index is 13.0. The molecule has 200 valence electrons. The monoisotopic (exact) mass is 533 g/mol. The Kier molecular flexibility index (Phi) is 10.8. The smallest absolute Gasteiger partial charge is 0.360 e. The van der Waals surface area contributed by atoms with Crippen molar-refractivity contribution < 1.29 is 32.9 Å². The Morgan fingerprint density at radius 2 is 1.68 bits per heavy atom. The van der Waals surface area contributed by atoms with Gasteiger partial charge in [-0.15, -0.1) is 0 Å². The number of rotatable bonds is 10. The molecule has 0 aliphatic heterocycles. The molecule has 0 unspecified atom stereocenters. The summed E-state index contributed by atoms with van der Waals surface area (Å²) in [5.41, 5.74) is -0.773. The SMILES string of the molecule is CCN(CC)S(=O)(=O)c1ccc(OC)c(-n2cc(OCc3ccccc3)c(=O)c(C(=O)O)n2)c1.CCO. The number of aliphatic hydroxyl groups excluding tert-OH is 1. The van der Waals surface area contributed by atoms with E-state index in [1.165, 1.54) is 35.8 Å². The predicted octanol–water partition coefficient (Wildman–Crippen LogP) is 2.55. The highest BCUT2D eigenvalue weighted by Crippen LogP contribution is 2.28. The molecule has 0 saturated heterocycles. The predicted molar refractivity (Wildman–Crippen MR) is 137 cm³/mol. The van der Waals surface area contributed by atoms with Crippen molar-refractivity contribution in [2.45, 2.75) is 32.3 Å². The molecule has 0 bridgehead atoms. The van der Waals surface area contributed by atoms with E-state index in [1.807, 2.05) is 6.07 Å². The molecule has 0 atom stereocenters. The van der Waals surface area contributed by atoms with Gasteiger partial charge in [0.05, 0.1) is 18.2 Å². The topological polar surface area (TPSA) is 148 Å². The van der Waals surface area contributed by atoms with Crippen LogP contribution in [0.4, 0.5) is 0 Å². The number of nitrogens with zero attached hydrogens (tertiary/aromatic N) is 3. The van der Waals surface area contributed by atoms with Crippen LogP contribution in [-0.4, -0.2) is 65.5 Å². The molecule has 3 aromatic rings. The molecule has 1 aromatic heterocycles. The van der Waals surface area contributed by atoms with E-state index < -0.39 is 27.1 Å². The number of aromatic nitrogens is 2. The first-order chi connectivity index (χ1) is 17.6. The van der Waals surface area contributed by atoms with Crippen molar-refractivity contribution in [3.8, 4) is 17.2 Å². The van der Waals surface area contributed by atoms with Crippen LogP contribution in [0, 0.1) is 0 Å². The van der Waals surface area contributed by atoms with Gasteiger partial charge in [-0.25, -0.2) is 17.9 Å². The summed E-state index contributed by atoms with van der Waals surface area (Å²) in [6, 6.07) is 13.2. The van der Waals surface area contributed by atoms with E-state index in [0.29, 0.717) is 0 Å². The Labute approximate surface area is 215 Å². The summed E-state index contributed by atoms with van der Waals surface area (Å²) in [5, 5.41) is 21.0. The summed E-state index contributed by atoms with van der Waals surface area (Å²) in [6.45, 7) is 5.95. The summed E-state index contributed by atoms with van der Waals surface area (Å²) >= 11 is 0. The highest BCUT2D eigenvalue weighted by Gasteiger charge is 2.25. The van der Waals surface area contributed by atoms with Crippen LogP contribution in [0.5, 0.6) is 11.5 Å². The van der Waals surface area contributed by atoms with Crippen LogP contribution in [0.25, 0.3) is 5.69 Å². The van der Waals surface area contributed by atoms with Gasteiger partial charge in [0.25, 0.3) is 5.43 Å². The summed E-state index contributed by atoms with van der Waals surface area (Å²) in [7, 11) is -2.44. The highest BCUT2D eigenvalue weighted by atomic mass is 32.2. The number of aliphatic hydroxyl groups is 1. The van der Waals surface area contributed by atoms with E-state index >= 15 is 0 Å². The van der Waals surface area contributed by atoms with E-state index in [0.717, 1.165) is 10.2 Å². The fourth-order valence-corrected chi connectivity index (χ4v) is 4.77. The molecule has 2 N–H and O–H groups in total. The Hall–Kier alpha value is -3.74. The maximum atomic E-state index is 13.0. The number of ether oxygens (including phenoxy) is 2. The third kappa shape index (κ3) is 7.15. The highest BCUT2D eigenvalue weighted by molar-refractivity contribution is 7.89. The van der Waals surface area contributed by atoms with E-state index in [4.69, 9.17) is 14.6 Å². The lowest BCUT2D eigenvalue weighted by Gasteiger charge is -2.20. The lowest BCUT2D eigenvalue weighted by molar-refractivity contribution is 0.0685. The van der Waals surface area contributed by atoms with Crippen molar-refractivity contribution >= 4 is 16.0 Å². The molecular weight excluding hydrogens is 502 g/mol. The average molecular weight is 534 g/mol. The minimum absolute atomic E-state index is 0.0205. The van der Waals surface area contributed by atoms with Crippen molar-refractivity contribution in [2.24, 2.45) is 0 Å². The van der Waals surface area contributed by atoms with E-state index in [-0.39, 0.29) is 48.4 Å². The van der Waals surface area contributed by atoms with Crippen molar-refractivity contribution in [2.75, 3.05) is 26.8 Å². The lowest BCUT2D eigenvalue weighted by Crippen LogP contribution is -2.30. The van der Waals surface area contributed by atoms with Gasteiger partial charge in [-0.3, -0.25) is 4.79 Å². The zero-order valence-electron chi connectivity index (χ0n) is 21.1. The molecule has 37 heavy (non-hydrogen) atoms. The number of carboxylic acids is 1. The number of methoxy groups -OCH3 is 1. The van der Waals surface area contributed by atoms with Gasteiger partial charge in [0.1, 0.15) is 18.0 Å². The molecule has 0 aliphatic carbocycles. The molecule has 12 heteroatoms. The van der Waals surface area contributed by atoms with E-state index in [2.05, 4.69) is 5.10 Å². The van der Waals surface area contributed by atoms with Crippen LogP contribution in [0.2, 0.25) is 0 Å². The second-order valence-electron chi connectivity index (χ2n) is 7.43. The van der Waals surface area contributed by atoms with Crippen LogP contribution < -0.4 is 14.9 Å². The number of aromatic carboxylic acids is 1. The molecule has 0 spiro atoms. The van der Waals surface area contributed by atoms with Gasteiger partial charge in [-0.2, -0.15) is 9.40 Å². The van der Waals surface area contributed by atoms with Crippen LogP contribution in [0.15, 0.2) is 64.4 Å². The molecule has 2 aromatic carbocycles. The Morgan fingerprint density at radius 3 is 2.22 bits per heavy atom. The Morgan fingerprint density at radius 1 is 1.05 bits per heavy atom. The Balaban J connectivity index is 0.00000153. The summed E-state index contributed by atoms with van der Waals surface area (Å²) in [5.74, 6) is -1.58. The van der Waals surface area contributed by atoms with Gasteiger partial charge in [0.15, 0.2) is 5.75 Å². The molecule has 1 heterocycles. The van der Waals surface area contributed by atoms with Gasteiger partial charge in [0.2, 0.25) is 15.7 Å². The number of hydrogen-bond donors (Lipinski definition) is 2. The fourth-order valence-electron chi connectivity index (χ4n) is 3.29.